The molecule has 0 spiro atoms. The van der Waals surface area contributed by atoms with E-state index < -0.39 is 41.1 Å². The molecule has 1 aromatic carbocycles. The van der Waals surface area contributed by atoms with Crippen LogP contribution in [0.1, 0.15) is 67.7 Å². The zero-order valence-corrected chi connectivity index (χ0v) is 22.4. The van der Waals surface area contributed by atoms with Gasteiger partial charge in [0.25, 0.3) is 5.91 Å². The highest BCUT2D eigenvalue weighted by Crippen LogP contribution is 2.31. The van der Waals surface area contributed by atoms with E-state index in [9.17, 15) is 19.5 Å². The summed E-state index contributed by atoms with van der Waals surface area (Å²) in [6.45, 7) is 12.6. The van der Waals surface area contributed by atoms with Crippen LogP contribution in [0.25, 0.3) is 0 Å². The molecule has 3 amide bonds. The van der Waals surface area contributed by atoms with E-state index in [1.807, 2.05) is 0 Å². The van der Waals surface area contributed by atoms with E-state index in [1.165, 1.54) is 9.80 Å². The molecule has 196 valence electrons. The highest BCUT2D eigenvalue weighted by Gasteiger charge is 2.48. The summed E-state index contributed by atoms with van der Waals surface area (Å²) in [6.07, 6.45) is -1.88. The number of aliphatic hydroxyl groups is 1. The Hall–Kier alpha value is -2.52. The molecule has 1 unspecified atom stereocenters. The molecular formula is C25H38ClN3O6. The number of aliphatic hydroxyl groups excluding tert-OH is 1. The quantitative estimate of drug-likeness (QED) is 0.555. The molecular weight excluding hydrogens is 474 g/mol. The minimum absolute atomic E-state index is 0.116. The summed E-state index contributed by atoms with van der Waals surface area (Å²) < 4.78 is 10.9. The number of likely N-dealkylation sites (tertiary alicyclic amines) is 1. The first-order chi connectivity index (χ1) is 16.1. The molecule has 10 heteroatoms. The number of nitrogens with one attached hydrogen (secondary N) is 1. The number of nitrogens with zero attached hydrogens (tertiary/aromatic N) is 2. The van der Waals surface area contributed by atoms with Crippen molar-refractivity contribution in [3.05, 3.63) is 29.3 Å². The van der Waals surface area contributed by atoms with Gasteiger partial charge >= 0.3 is 12.2 Å². The van der Waals surface area contributed by atoms with E-state index in [4.69, 9.17) is 21.1 Å². The molecule has 1 saturated heterocycles. The van der Waals surface area contributed by atoms with Crippen LogP contribution in [0.4, 0.5) is 15.3 Å². The minimum Gasteiger partial charge on any atom is -0.444 e. The number of benzene rings is 1. The number of halogens is 1. The summed E-state index contributed by atoms with van der Waals surface area (Å²) >= 11 is 6.02. The van der Waals surface area contributed by atoms with Gasteiger partial charge in [-0.15, -0.1) is 0 Å². The number of amides is 3. The van der Waals surface area contributed by atoms with Gasteiger partial charge in [0, 0.05) is 23.8 Å². The Kier molecular flexibility index (Phi) is 9.05. The van der Waals surface area contributed by atoms with Crippen LogP contribution in [0.15, 0.2) is 24.3 Å². The summed E-state index contributed by atoms with van der Waals surface area (Å²) in [5, 5.41) is 14.0. The average molecular weight is 512 g/mol. The van der Waals surface area contributed by atoms with Gasteiger partial charge in [-0.1, -0.05) is 18.5 Å². The molecule has 1 heterocycles. The van der Waals surface area contributed by atoms with Crippen molar-refractivity contribution in [2.24, 2.45) is 0 Å². The fourth-order valence-corrected chi connectivity index (χ4v) is 3.85. The second kappa shape index (κ2) is 11.0. The van der Waals surface area contributed by atoms with E-state index >= 15 is 0 Å². The fourth-order valence-electron chi connectivity index (χ4n) is 3.73. The molecule has 2 N–H and O–H groups in total. The highest BCUT2D eigenvalue weighted by atomic mass is 35.5. The van der Waals surface area contributed by atoms with E-state index in [0.29, 0.717) is 10.7 Å². The van der Waals surface area contributed by atoms with E-state index in [1.54, 1.807) is 72.7 Å². The SMILES string of the molecule is CCC(O)N(C(=O)C1(NC(=O)OC(C)(C)C)CCN(C(=O)OC(C)(C)C)CC1)c1ccc(Cl)cc1. The van der Waals surface area contributed by atoms with E-state index in [2.05, 4.69) is 5.32 Å². The third-order valence-corrected chi connectivity index (χ3v) is 5.66. The van der Waals surface area contributed by atoms with Gasteiger partial charge < -0.3 is 24.8 Å². The monoisotopic (exact) mass is 511 g/mol. The minimum atomic E-state index is -1.41. The van der Waals surface area contributed by atoms with Crippen LogP contribution in [0.2, 0.25) is 5.02 Å². The summed E-state index contributed by atoms with van der Waals surface area (Å²) in [5.41, 5.74) is -2.40. The lowest BCUT2D eigenvalue weighted by Crippen LogP contribution is -2.66. The number of rotatable bonds is 5. The van der Waals surface area contributed by atoms with Crippen molar-refractivity contribution in [1.82, 2.24) is 10.2 Å². The van der Waals surface area contributed by atoms with Crippen LogP contribution in [0, 0.1) is 0 Å². The average Bonchev–Trinajstić information content (AvgIpc) is 2.72. The number of hydrogen-bond donors (Lipinski definition) is 2. The standard InChI is InChI=1S/C25H38ClN3O6/c1-8-19(30)29(18-11-9-17(26)10-12-18)20(31)25(27-21(32)34-23(2,3)4)13-15-28(16-14-25)22(33)35-24(5,6)7/h9-12,19,30H,8,13-16H2,1-7H3,(H,27,32). The number of carbonyl (C=O) groups excluding carboxylic acids is 3. The van der Waals surface area contributed by atoms with Gasteiger partial charge in [-0.05, 0) is 85.1 Å². The Morgan fingerprint density at radius 2 is 1.57 bits per heavy atom. The van der Waals surface area contributed by atoms with E-state index in [-0.39, 0.29) is 32.4 Å². The van der Waals surface area contributed by atoms with Gasteiger partial charge in [-0.25, -0.2) is 9.59 Å². The molecule has 1 aliphatic rings. The van der Waals surface area contributed by atoms with Crippen molar-refractivity contribution in [2.75, 3.05) is 18.0 Å². The third-order valence-electron chi connectivity index (χ3n) is 5.41. The zero-order valence-electron chi connectivity index (χ0n) is 21.7. The molecule has 1 atom stereocenters. The molecule has 1 fully saturated rings. The molecule has 2 rings (SSSR count). The van der Waals surface area contributed by atoms with Crippen LogP contribution < -0.4 is 10.2 Å². The molecule has 1 aromatic rings. The zero-order chi connectivity index (χ0) is 26.6. The summed E-state index contributed by atoms with van der Waals surface area (Å²) in [6, 6.07) is 6.52. The largest absolute Gasteiger partial charge is 0.444 e. The molecule has 0 saturated carbocycles. The molecule has 0 aromatic heterocycles. The van der Waals surface area contributed by atoms with Crippen molar-refractivity contribution in [1.29, 1.82) is 0 Å². The molecule has 35 heavy (non-hydrogen) atoms. The first-order valence-electron chi connectivity index (χ1n) is 11.8. The lowest BCUT2D eigenvalue weighted by molar-refractivity contribution is -0.129. The molecule has 1 aliphatic heterocycles. The topological polar surface area (TPSA) is 108 Å². The maximum Gasteiger partial charge on any atom is 0.410 e. The Bertz CT molecular complexity index is 899. The number of ether oxygens (including phenoxy) is 2. The molecule has 0 aliphatic carbocycles. The van der Waals surface area contributed by atoms with Crippen LogP contribution in [0.3, 0.4) is 0 Å². The Labute approximate surface area is 212 Å². The number of hydrogen-bond acceptors (Lipinski definition) is 6. The summed E-state index contributed by atoms with van der Waals surface area (Å²) in [5.74, 6) is -0.496. The van der Waals surface area contributed by atoms with Gasteiger partial charge in [-0.3, -0.25) is 9.69 Å². The number of carbonyl (C=O) groups is 3. The Morgan fingerprint density at radius 3 is 2.03 bits per heavy atom. The smallest absolute Gasteiger partial charge is 0.410 e. The third kappa shape index (κ3) is 8.00. The second-order valence-corrected chi connectivity index (χ2v) is 11.2. The fraction of sp³-hybridized carbons (Fsp3) is 0.640. The summed E-state index contributed by atoms with van der Waals surface area (Å²) in [7, 11) is 0. The molecule has 9 nitrogen and oxygen atoms in total. The van der Waals surface area contributed by atoms with Crippen molar-refractivity contribution < 1.29 is 29.0 Å². The van der Waals surface area contributed by atoms with Crippen LogP contribution >= 0.6 is 11.6 Å². The molecule has 0 bridgehead atoms. The van der Waals surface area contributed by atoms with Gasteiger partial charge in [0.05, 0.1) is 0 Å². The van der Waals surface area contributed by atoms with Crippen LogP contribution in [-0.4, -0.2) is 64.2 Å². The lowest BCUT2D eigenvalue weighted by Gasteiger charge is -2.44. The first kappa shape index (κ1) is 28.7. The van der Waals surface area contributed by atoms with Gasteiger partial charge in [0.1, 0.15) is 23.0 Å². The normalized spacial score (nSPS) is 16.8. The first-order valence-corrected chi connectivity index (χ1v) is 12.2. The number of anilines is 1. The van der Waals surface area contributed by atoms with Crippen molar-refractivity contribution in [3.8, 4) is 0 Å². The molecule has 0 radical (unpaired) electrons. The maximum absolute atomic E-state index is 14.0. The van der Waals surface area contributed by atoms with Crippen molar-refractivity contribution >= 4 is 35.4 Å². The predicted octanol–water partition coefficient (Wildman–Crippen LogP) is 4.70. The highest BCUT2D eigenvalue weighted by molar-refractivity contribution is 6.30. The maximum atomic E-state index is 14.0. The predicted molar refractivity (Wildman–Crippen MR) is 134 cm³/mol. The Balaban J connectivity index is 2.39. The number of piperidine rings is 1. The van der Waals surface area contributed by atoms with Gasteiger partial charge in [-0.2, -0.15) is 0 Å². The number of alkyl carbamates (subject to hydrolysis) is 1. The lowest BCUT2D eigenvalue weighted by atomic mass is 9.85. The van der Waals surface area contributed by atoms with Crippen molar-refractivity contribution in [2.45, 2.75) is 90.7 Å². The second-order valence-electron chi connectivity index (χ2n) is 10.7. The summed E-state index contributed by atoms with van der Waals surface area (Å²) in [4.78, 5) is 42.2. The van der Waals surface area contributed by atoms with Crippen molar-refractivity contribution in [3.63, 3.8) is 0 Å². The van der Waals surface area contributed by atoms with Crippen LogP contribution in [0.5, 0.6) is 0 Å². The van der Waals surface area contributed by atoms with Gasteiger partial charge in [0.2, 0.25) is 0 Å². The van der Waals surface area contributed by atoms with Gasteiger partial charge in [0.15, 0.2) is 0 Å². The van der Waals surface area contributed by atoms with Crippen LogP contribution in [-0.2, 0) is 14.3 Å². The Morgan fingerprint density at radius 1 is 1.06 bits per heavy atom. The van der Waals surface area contributed by atoms with E-state index in [0.717, 1.165) is 0 Å².